The summed E-state index contributed by atoms with van der Waals surface area (Å²) in [5.74, 6) is 0.814. The summed E-state index contributed by atoms with van der Waals surface area (Å²) in [6, 6.07) is 5.45. The predicted octanol–water partition coefficient (Wildman–Crippen LogP) is 3.86. The molecule has 17 heavy (non-hydrogen) atoms. The van der Waals surface area contributed by atoms with Crippen LogP contribution in [-0.2, 0) is 0 Å². The smallest absolute Gasteiger partial charge is 0.121 e. The zero-order chi connectivity index (χ0) is 12.3. The van der Waals surface area contributed by atoms with Gasteiger partial charge in [0.1, 0.15) is 5.75 Å². The highest BCUT2D eigenvalue weighted by atomic mass is 35.5. The van der Waals surface area contributed by atoms with Gasteiger partial charge in [-0.25, -0.2) is 0 Å². The highest BCUT2D eigenvalue weighted by Gasteiger charge is 2.16. The highest BCUT2D eigenvalue weighted by Crippen LogP contribution is 2.28. The molecule has 0 aliphatic carbocycles. The van der Waals surface area contributed by atoms with Crippen LogP contribution in [0.5, 0.6) is 5.75 Å². The van der Waals surface area contributed by atoms with E-state index in [4.69, 9.17) is 27.9 Å². The van der Waals surface area contributed by atoms with E-state index >= 15 is 0 Å². The molecule has 1 aromatic carbocycles. The summed E-state index contributed by atoms with van der Waals surface area (Å²) in [4.78, 5) is 2.35. The lowest BCUT2D eigenvalue weighted by Gasteiger charge is -2.17. The second-order valence-corrected chi connectivity index (χ2v) is 5.36. The average Bonchev–Trinajstić information content (AvgIpc) is 2.49. The summed E-state index contributed by atoms with van der Waals surface area (Å²) in [5.41, 5.74) is 0. The van der Waals surface area contributed by atoms with Gasteiger partial charge in [-0.15, -0.1) is 0 Å². The van der Waals surface area contributed by atoms with Crippen molar-refractivity contribution in [3.05, 3.63) is 28.2 Å². The third-order valence-electron chi connectivity index (χ3n) is 3.09. The summed E-state index contributed by atoms with van der Waals surface area (Å²) in [7, 11) is 2.15. The topological polar surface area (TPSA) is 12.5 Å². The molecule has 1 saturated heterocycles. The van der Waals surface area contributed by atoms with Gasteiger partial charge in [0.25, 0.3) is 0 Å². The Balaban J connectivity index is 1.97. The third kappa shape index (κ3) is 3.77. The fourth-order valence-corrected chi connectivity index (χ4v) is 2.36. The van der Waals surface area contributed by atoms with Crippen LogP contribution in [0.2, 0.25) is 10.0 Å². The van der Waals surface area contributed by atoms with E-state index in [1.54, 1.807) is 12.1 Å². The van der Waals surface area contributed by atoms with Crippen LogP contribution < -0.4 is 4.74 Å². The largest absolute Gasteiger partial charge is 0.490 e. The second kappa shape index (κ2) is 5.94. The number of benzene rings is 1. The quantitative estimate of drug-likeness (QED) is 0.812. The van der Waals surface area contributed by atoms with Gasteiger partial charge in [-0.3, -0.25) is 0 Å². The molecule has 0 saturated carbocycles. The average molecular weight is 274 g/mol. The van der Waals surface area contributed by atoms with Gasteiger partial charge < -0.3 is 9.64 Å². The lowest BCUT2D eigenvalue weighted by atomic mass is 10.1. The van der Waals surface area contributed by atoms with E-state index in [9.17, 15) is 0 Å². The Kier molecular flexibility index (Phi) is 4.55. The molecule has 1 aliphatic rings. The van der Waals surface area contributed by atoms with Gasteiger partial charge in [0, 0.05) is 12.6 Å². The molecule has 0 N–H and O–H groups in total. The van der Waals surface area contributed by atoms with Crippen LogP contribution in [0, 0.1) is 0 Å². The highest BCUT2D eigenvalue weighted by molar-refractivity contribution is 6.42. The standard InChI is InChI=1S/C13H17Cl2NO/c1-16-7-2-3-10(6-8-16)17-11-4-5-12(14)13(15)9-11/h4-5,9-10H,2-3,6-8H2,1H3. The fraction of sp³-hybridized carbons (Fsp3) is 0.538. The molecule has 2 nitrogen and oxygen atoms in total. The second-order valence-electron chi connectivity index (χ2n) is 4.55. The van der Waals surface area contributed by atoms with Crippen molar-refractivity contribution in [1.29, 1.82) is 0 Å². The molecular formula is C13H17Cl2NO. The summed E-state index contributed by atoms with van der Waals surface area (Å²) in [6.45, 7) is 2.24. The van der Waals surface area contributed by atoms with Crippen LogP contribution in [0.15, 0.2) is 18.2 Å². The van der Waals surface area contributed by atoms with Crippen molar-refractivity contribution in [2.24, 2.45) is 0 Å². The van der Waals surface area contributed by atoms with Gasteiger partial charge >= 0.3 is 0 Å². The molecular weight excluding hydrogens is 257 g/mol. The van der Waals surface area contributed by atoms with Crippen molar-refractivity contribution in [2.45, 2.75) is 25.4 Å². The van der Waals surface area contributed by atoms with Crippen LogP contribution in [0.4, 0.5) is 0 Å². The predicted molar refractivity (Wildman–Crippen MR) is 72.2 cm³/mol. The van der Waals surface area contributed by atoms with Crippen LogP contribution in [0.3, 0.4) is 0 Å². The van der Waals surface area contributed by atoms with E-state index in [1.165, 1.54) is 6.42 Å². The van der Waals surface area contributed by atoms with Crippen LogP contribution in [-0.4, -0.2) is 31.1 Å². The molecule has 1 fully saturated rings. The Morgan fingerprint density at radius 1 is 1.18 bits per heavy atom. The normalized spacial score (nSPS) is 22.2. The molecule has 0 amide bonds. The Hall–Kier alpha value is -0.440. The Morgan fingerprint density at radius 3 is 2.76 bits per heavy atom. The van der Waals surface area contributed by atoms with E-state index in [-0.39, 0.29) is 6.10 Å². The summed E-state index contributed by atoms with van der Waals surface area (Å²) < 4.78 is 5.95. The lowest BCUT2D eigenvalue weighted by molar-refractivity contribution is 0.183. The minimum absolute atomic E-state index is 0.289. The summed E-state index contributed by atoms with van der Waals surface area (Å²) in [6.07, 6.45) is 3.64. The van der Waals surface area contributed by atoms with Gasteiger partial charge in [-0.1, -0.05) is 23.2 Å². The van der Waals surface area contributed by atoms with Crippen molar-refractivity contribution in [3.8, 4) is 5.75 Å². The summed E-state index contributed by atoms with van der Waals surface area (Å²) >= 11 is 11.8. The van der Waals surface area contributed by atoms with Gasteiger partial charge in [0.05, 0.1) is 16.1 Å². The maximum atomic E-state index is 5.97. The van der Waals surface area contributed by atoms with Crippen molar-refractivity contribution in [1.82, 2.24) is 4.90 Å². The first-order chi connectivity index (χ1) is 8.15. The summed E-state index contributed by atoms with van der Waals surface area (Å²) in [5, 5.41) is 1.12. The van der Waals surface area contributed by atoms with Gasteiger partial charge in [-0.2, -0.15) is 0 Å². The molecule has 1 unspecified atom stereocenters. The van der Waals surface area contributed by atoms with E-state index in [1.807, 2.05) is 6.07 Å². The minimum Gasteiger partial charge on any atom is -0.490 e. The third-order valence-corrected chi connectivity index (χ3v) is 3.83. The van der Waals surface area contributed by atoms with Crippen molar-refractivity contribution >= 4 is 23.2 Å². The molecule has 1 aromatic rings. The van der Waals surface area contributed by atoms with Gasteiger partial charge in [0.2, 0.25) is 0 Å². The monoisotopic (exact) mass is 273 g/mol. The molecule has 0 radical (unpaired) electrons. The Morgan fingerprint density at radius 2 is 2.00 bits per heavy atom. The van der Waals surface area contributed by atoms with Crippen LogP contribution in [0.1, 0.15) is 19.3 Å². The zero-order valence-corrected chi connectivity index (χ0v) is 11.5. The first kappa shape index (κ1) is 13.0. The minimum atomic E-state index is 0.289. The van der Waals surface area contributed by atoms with Crippen LogP contribution >= 0.6 is 23.2 Å². The molecule has 4 heteroatoms. The molecule has 0 bridgehead atoms. The molecule has 0 spiro atoms. The number of ether oxygens (including phenoxy) is 1. The Bertz CT molecular complexity index is 384. The molecule has 1 atom stereocenters. The molecule has 94 valence electrons. The maximum absolute atomic E-state index is 5.97. The number of likely N-dealkylation sites (tertiary alicyclic amines) is 1. The molecule has 0 aromatic heterocycles. The van der Waals surface area contributed by atoms with Crippen molar-refractivity contribution in [2.75, 3.05) is 20.1 Å². The van der Waals surface area contributed by atoms with Crippen molar-refractivity contribution < 1.29 is 4.74 Å². The molecule has 1 aliphatic heterocycles. The first-order valence-corrected chi connectivity index (χ1v) is 6.71. The lowest BCUT2D eigenvalue weighted by Crippen LogP contribution is -2.21. The number of nitrogens with zero attached hydrogens (tertiary/aromatic N) is 1. The van der Waals surface area contributed by atoms with E-state index < -0.39 is 0 Å². The zero-order valence-electron chi connectivity index (χ0n) is 9.96. The van der Waals surface area contributed by atoms with E-state index in [0.717, 1.165) is 31.7 Å². The number of hydrogen-bond acceptors (Lipinski definition) is 2. The number of rotatable bonds is 2. The maximum Gasteiger partial charge on any atom is 0.121 e. The van der Waals surface area contributed by atoms with Gasteiger partial charge in [0.15, 0.2) is 0 Å². The van der Waals surface area contributed by atoms with Crippen LogP contribution in [0.25, 0.3) is 0 Å². The van der Waals surface area contributed by atoms with Gasteiger partial charge in [-0.05, 0) is 45.0 Å². The van der Waals surface area contributed by atoms with Crippen molar-refractivity contribution in [3.63, 3.8) is 0 Å². The van der Waals surface area contributed by atoms with E-state index in [0.29, 0.717) is 10.0 Å². The fourth-order valence-electron chi connectivity index (χ4n) is 2.07. The molecule has 2 rings (SSSR count). The SMILES string of the molecule is CN1CCCC(Oc2ccc(Cl)c(Cl)c2)CC1. The molecule has 1 heterocycles. The number of halogens is 2. The number of hydrogen-bond donors (Lipinski definition) is 0. The Labute approximate surface area is 112 Å². The van der Waals surface area contributed by atoms with E-state index in [2.05, 4.69) is 11.9 Å². The first-order valence-electron chi connectivity index (χ1n) is 5.95.